The number of piperidine rings is 1. The molecule has 2 saturated heterocycles. The molecule has 6 nitrogen and oxygen atoms in total. The Kier molecular flexibility index (Phi) is 5.41. The molecule has 0 saturated carbocycles. The molecular formula is C24H27N3O3. The maximum absolute atomic E-state index is 13.2. The highest BCUT2D eigenvalue weighted by Crippen LogP contribution is 2.30. The van der Waals surface area contributed by atoms with E-state index in [0.29, 0.717) is 23.8 Å². The van der Waals surface area contributed by atoms with Gasteiger partial charge in [0.15, 0.2) is 0 Å². The number of rotatable bonds is 5. The van der Waals surface area contributed by atoms with Crippen molar-refractivity contribution >= 4 is 16.9 Å². The van der Waals surface area contributed by atoms with Gasteiger partial charge in [-0.15, -0.1) is 0 Å². The van der Waals surface area contributed by atoms with Crippen LogP contribution in [0.1, 0.15) is 47.8 Å². The monoisotopic (exact) mass is 405 g/mol. The van der Waals surface area contributed by atoms with E-state index in [0.717, 1.165) is 62.2 Å². The molecule has 0 spiro atoms. The molecule has 3 heterocycles. The summed E-state index contributed by atoms with van der Waals surface area (Å²) in [4.78, 5) is 23.3. The van der Waals surface area contributed by atoms with Gasteiger partial charge >= 0.3 is 0 Å². The summed E-state index contributed by atoms with van der Waals surface area (Å²) in [5.74, 6) is 2.08. The summed E-state index contributed by atoms with van der Waals surface area (Å²) in [6.45, 7) is 2.74. The first kappa shape index (κ1) is 19.1. The molecule has 0 radical (unpaired) electrons. The number of benzene rings is 2. The fraction of sp³-hybridized carbons (Fsp3) is 0.417. The first-order valence-corrected chi connectivity index (χ1v) is 10.9. The Balaban J connectivity index is 1.23. The van der Waals surface area contributed by atoms with E-state index < -0.39 is 0 Å². The van der Waals surface area contributed by atoms with Crippen LogP contribution in [0.15, 0.2) is 48.5 Å². The van der Waals surface area contributed by atoms with Crippen molar-refractivity contribution in [3.05, 3.63) is 59.9 Å². The molecule has 156 valence electrons. The van der Waals surface area contributed by atoms with Crippen molar-refractivity contribution < 1.29 is 14.3 Å². The summed E-state index contributed by atoms with van der Waals surface area (Å²) in [6.07, 6.45) is 4.04. The normalized spacial score (nSPS) is 20.0. The highest BCUT2D eigenvalue weighted by Gasteiger charge is 2.28. The number of ether oxygens (including phenoxy) is 2. The smallest absolute Gasteiger partial charge is 0.257 e. The molecule has 6 heteroatoms. The van der Waals surface area contributed by atoms with E-state index in [1.165, 1.54) is 0 Å². The molecule has 2 aliphatic rings. The zero-order valence-corrected chi connectivity index (χ0v) is 17.0. The highest BCUT2D eigenvalue weighted by atomic mass is 16.5. The van der Waals surface area contributed by atoms with Crippen LogP contribution in [0.3, 0.4) is 0 Å². The fourth-order valence-corrected chi connectivity index (χ4v) is 4.42. The lowest BCUT2D eigenvalue weighted by molar-refractivity contribution is 0.0637. The van der Waals surface area contributed by atoms with E-state index >= 15 is 0 Å². The molecule has 5 rings (SSSR count). The van der Waals surface area contributed by atoms with Crippen LogP contribution < -0.4 is 4.74 Å². The second-order valence-electron chi connectivity index (χ2n) is 8.15. The first-order chi connectivity index (χ1) is 14.8. The van der Waals surface area contributed by atoms with Crippen molar-refractivity contribution in [3.8, 4) is 5.75 Å². The van der Waals surface area contributed by atoms with Crippen LogP contribution in [-0.4, -0.2) is 53.2 Å². The Labute approximate surface area is 176 Å². The molecule has 1 atom stereocenters. The summed E-state index contributed by atoms with van der Waals surface area (Å²) in [5.41, 5.74) is 2.71. The van der Waals surface area contributed by atoms with Gasteiger partial charge in [0.1, 0.15) is 18.2 Å². The highest BCUT2D eigenvalue weighted by molar-refractivity contribution is 5.97. The summed E-state index contributed by atoms with van der Waals surface area (Å²) >= 11 is 0. The van der Waals surface area contributed by atoms with Crippen molar-refractivity contribution in [1.82, 2.24) is 14.9 Å². The fourth-order valence-electron chi connectivity index (χ4n) is 4.42. The molecule has 3 aromatic rings. The van der Waals surface area contributed by atoms with Gasteiger partial charge in [0.25, 0.3) is 5.91 Å². The van der Waals surface area contributed by atoms with E-state index in [1.54, 1.807) is 0 Å². The SMILES string of the molecule is O=C(c1ccccc1OCC1CCCO1)N1CCC(c2nc3ccccc3[nH]2)CC1. The number of imidazole rings is 1. The predicted octanol–water partition coefficient (Wildman–Crippen LogP) is 4.14. The third kappa shape index (κ3) is 3.92. The zero-order valence-electron chi connectivity index (χ0n) is 17.0. The molecule has 2 fully saturated rings. The maximum atomic E-state index is 13.2. The van der Waals surface area contributed by atoms with Gasteiger partial charge in [-0.25, -0.2) is 4.98 Å². The minimum atomic E-state index is 0.0426. The molecule has 30 heavy (non-hydrogen) atoms. The minimum Gasteiger partial charge on any atom is -0.490 e. The van der Waals surface area contributed by atoms with Gasteiger partial charge in [-0.3, -0.25) is 4.79 Å². The Hall–Kier alpha value is -2.86. The van der Waals surface area contributed by atoms with Crippen LogP contribution in [0.25, 0.3) is 11.0 Å². The number of hydrogen-bond acceptors (Lipinski definition) is 4. The van der Waals surface area contributed by atoms with Crippen molar-refractivity contribution in [2.24, 2.45) is 0 Å². The predicted molar refractivity (Wildman–Crippen MR) is 115 cm³/mol. The number of carbonyl (C=O) groups is 1. The van der Waals surface area contributed by atoms with Crippen molar-refractivity contribution in [2.75, 3.05) is 26.3 Å². The van der Waals surface area contributed by atoms with Crippen LogP contribution in [0.5, 0.6) is 5.75 Å². The molecule has 1 N–H and O–H groups in total. The lowest BCUT2D eigenvalue weighted by atomic mass is 9.95. The number of nitrogens with one attached hydrogen (secondary N) is 1. The number of para-hydroxylation sites is 3. The molecular weight excluding hydrogens is 378 g/mol. The van der Waals surface area contributed by atoms with E-state index in [9.17, 15) is 4.79 Å². The van der Waals surface area contributed by atoms with Crippen LogP contribution in [0, 0.1) is 0 Å². The number of carbonyl (C=O) groups excluding carboxylic acids is 1. The number of fused-ring (bicyclic) bond motifs is 1. The number of nitrogens with zero attached hydrogens (tertiary/aromatic N) is 2. The minimum absolute atomic E-state index is 0.0426. The summed E-state index contributed by atoms with van der Waals surface area (Å²) in [7, 11) is 0. The van der Waals surface area contributed by atoms with Crippen LogP contribution >= 0.6 is 0 Å². The summed E-state index contributed by atoms with van der Waals surface area (Å²) < 4.78 is 11.6. The quantitative estimate of drug-likeness (QED) is 0.693. The topological polar surface area (TPSA) is 67.5 Å². The van der Waals surface area contributed by atoms with E-state index in [4.69, 9.17) is 14.5 Å². The lowest BCUT2D eigenvalue weighted by Gasteiger charge is -2.31. The summed E-state index contributed by atoms with van der Waals surface area (Å²) in [5, 5.41) is 0. The molecule has 2 aliphatic heterocycles. The van der Waals surface area contributed by atoms with Gasteiger partial charge in [0.2, 0.25) is 0 Å². The van der Waals surface area contributed by atoms with Gasteiger partial charge < -0.3 is 19.4 Å². The molecule has 0 bridgehead atoms. The standard InChI is InChI=1S/C24H27N3O3/c28-24(19-7-1-4-10-22(19)30-16-18-6-5-15-29-18)27-13-11-17(12-14-27)23-25-20-8-2-3-9-21(20)26-23/h1-4,7-10,17-18H,5-6,11-16H2,(H,25,26). The number of H-pyrrole nitrogens is 1. The van der Waals surface area contributed by atoms with Gasteiger partial charge in [-0.1, -0.05) is 24.3 Å². The maximum Gasteiger partial charge on any atom is 0.257 e. The molecule has 1 aromatic heterocycles. The Morgan fingerprint density at radius 1 is 1.10 bits per heavy atom. The zero-order chi connectivity index (χ0) is 20.3. The number of aromatic nitrogens is 2. The third-order valence-corrected chi connectivity index (χ3v) is 6.14. The molecule has 1 unspecified atom stereocenters. The van der Waals surface area contributed by atoms with E-state index in [1.807, 2.05) is 47.4 Å². The van der Waals surface area contributed by atoms with Crippen LogP contribution in [-0.2, 0) is 4.74 Å². The Morgan fingerprint density at radius 3 is 2.70 bits per heavy atom. The first-order valence-electron chi connectivity index (χ1n) is 10.9. The van der Waals surface area contributed by atoms with Gasteiger partial charge in [-0.2, -0.15) is 0 Å². The largest absolute Gasteiger partial charge is 0.490 e. The van der Waals surface area contributed by atoms with Crippen molar-refractivity contribution in [1.29, 1.82) is 0 Å². The van der Waals surface area contributed by atoms with Gasteiger partial charge in [-0.05, 0) is 49.9 Å². The second-order valence-corrected chi connectivity index (χ2v) is 8.15. The number of aromatic amines is 1. The third-order valence-electron chi connectivity index (χ3n) is 6.14. The van der Waals surface area contributed by atoms with Crippen LogP contribution in [0.2, 0.25) is 0 Å². The Bertz CT molecular complexity index is 984. The Morgan fingerprint density at radius 2 is 1.90 bits per heavy atom. The van der Waals surface area contributed by atoms with Crippen molar-refractivity contribution in [3.63, 3.8) is 0 Å². The molecule has 1 amide bonds. The van der Waals surface area contributed by atoms with Crippen LogP contribution in [0.4, 0.5) is 0 Å². The molecule has 2 aromatic carbocycles. The molecule has 0 aliphatic carbocycles. The second kappa shape index (κ2) is 8.48. The van der Waals surface area contributed by atoms with E-state index in [-0.39, 0.29) is 12.0 Å². The van der Waals surface area contributed by atoms with Crippen molar-refractivity contribution in [2.45, 2.75) is 37.7 Å². The van der Waals surface area contributed by atoms with Gasteiger partial charge in [0, 0.05) is 25.6 Å². The summed E-state index contributed by atoms with van der Waals surface area (Å²) in [6, 6.07) is 15.7. The lowest BCUT2D eigenvalue weighted by Crippen LogP contribution is -2.38. The average molecular weight is 405 g/mol. The number of hydrogen-bond donors (Lipinski definition) is 1. The number of amides is 1. The van der Waals surface area contributed by atoms with Gasteiger partial charge in [0.05, 0.1) is 22.7 Å². The number of likely N-dealkylation sites (tertiary alicyclic amines) is 1. The average Bonchev–Trinajstić information content (AvgIpc) is 3.47. The van der Waals surface area contributed by atoms with E-state index in [2.05, 4.69) is 11.1 Å².